The normalized spacial score (nSPS) is 21.1. The summed E-state index contributed by atoms with van der Waals surface area (Å²) in [5, 5.41) is 21.2. The third-order valence-corrected chi connectivity index (χ3v) is 8.49. The lowest BCUT2D eigenvalue weighted by atomic mass is 10.0. The molecule has 2 aliphatic rings. The number of hydrogen-bond donors (Lipinski definition) is 1. The molecule has 36 heavy (non-hydrogen) atoms. The van der Waals surface area contributed by atoms with Gasteiger partial charge in [0.25, 0.3) is 5.91 Å². The number of rotatable bonds is 7. The number of carboxylic acids is 1. The number of nitrogens with zero attached hydrogens (tertiary/aromatic N) is 6. The monoisotopic (exact) mass is 524 g/mol. The predicted octanol–water partition coefficient (Wildman–Crippen LogP) is 1.45. The van der Waals surface area contributed by atoms with Crippen LogP contribution in [0.3, 0.4) is 0 Å². The van der Waals surface area contributed by atoms with Gasteiger partial charge in [0.1, 0.15) is 11.4 Å². The van der Waals surface area contributed by atoms with Gasteiger partial charge in [-0.05, 0) is 45.9 Å². The Bertz CT molecular complexity index is 1350. The van der Waals surface area contributed by atoms with Gasteiger partial charge in [-0.25, -0.2) is 4.79 Å². The van der Waals surface area contributed by atoms with Crippen molar-refractivity contribution in [2.24, 2.45) is 0 Å². The molecule has 0 spiro atoms. The van der Waals surface area contributed by atoms with Crippen LogP contribution in [0.5, 0.6) is 0 Å². The van der Waals surface area contributed by atoms with Crippen LogP contribution >= 0.6 is 11.8 Å². The highest BCUT2D eigenvalue weighted by molar-refractivity contribution is 7.99. The molecule has 0 aliphatic carbocycles. The molecule has 1 saturated heterocycles. The first-order chi connectivity index (χ1) is 17.4. The highest BCUT2D eigenvalue weighted by Gasteiger charge is 2.63. The average molecular weight is 525 g/mol. The summed E-state index contributed by atoms with van der Waals surface area (Å²) in [5.74, 6) is -2.20. The zero-order chi connectivity index (χ0) is 25.4. The van der Waals surface area contributed by atoms with E-state index >= 15 is 0 Å². The fourth-order valence-corrected chi connectivity index (χ4v) is 7.08. The molecular weight excluding hydrogens is 504 g/mol. The third kappa shape index (κ3) is 4.14. The second-order valence-corrected chi connectivity index (χ2v) is 10.5. The molecule has 1 fully saturated rings. The van der Waals surface area contributed by atoms with E-state index in [1.54, 1.807) is 30.3 Å². The van der Waals surface area contributed by atoms with Gasteiger partial charge < -0.3 is 9.66 Å². The summed E-state index contributed by atoms with van der Waals surface area (Å²) in [6.07, 6.45) is 0. The predicted molar refractivity (Wildman–Crippen MR) is 132 cm³/mol. The zero-order valence-electron chi connectivity index (χ0n) is 18.9. The summed E-state index contributed by atoms with van der Waals surface area (Å²) < 4.78 is 14.8. The van der Waals surface area contributed by atoms with Gasteiger partial charge in [0.2, 0.25) is 16.4 Å². The Balaban J connectivity index is 1.43. The number of hydrogen-bond acceptors (Lipinski definition) is 8. The fraction of sp³-hybridized carbons (Fsp3) is 0.217. The number of tetrazole rings is 1. The summed E-state index contributed by atoms with van der Waals surface area (Å²) in [6.45, 7) is 1.32. The maximum absolute atomic E-state index is 13.3. The first-order valence-corrected chi connectivity index (χ1v) is 13.2. The van der Waals surface area contributed by atoms with E-state index in [2.05, 4.69) is 15.5 Å². The molecule has 0 saturated carbocycles. The summed E-state index contributed by atoms with van der Waals surface area (Å²) in [5.41, 5.74) is 1.35. The number of carbonyl (C=O) groups is 3. The Morgan fingerprint density at radius 3 is 2.47 bits per heavy atom. The number of aromatic nitrogens is 4. The zero-order valence-corrected chi connectivity index (χ0v) is 20.6. The van der Waals surface area contributed by atoms with E-state index in [9.17, 15) is 24.0 Å². The van der Waals surface area contributed by atoms with Crippen LogP contribution in [0.15, 0.2) is 77.1 Å². The quantitative estimate of drug-likeness (QED) is 0.276. The van der Waals surface area contributed by atoms with Crippen LogP contribution in [0.4, 0.5) is 5.69 Å². The number of carboxylic acid groups (broad SMARTS) is 1. The molecule has 2 unspecified atom stereocenters. The summed E-state index contributed by atoms with van der Waals surface area (Å²) >= 11 is -0.444. The molecule has 184 valence electrons. The second kappa shape index (κ2) is 9.76. The van der Waals surface area contributed by atoms with Crippen LogP contribution in [-0.4, -0.2) is 75.5 Å². The molecule has 3 heterocycles. The minimum absolute atomic E-state index is 0.0486. The van der Waals surface area contributed by atoms with Crippen molar-refractivity contribution in [2.75, 3.05) is 16.4 Å². The van der Waals surface area contributed by atoms with E-state index in [1.165, 1.54) is 28.3 Å². The molecule has 2 aliphatic heterocycles. The van der Waals surface area contributed by atoms with Crippen molar-refractivity contribution in [1.82, 2.24) is 25.1 Å². The number of anilines is 1. The van der Waals surface area contributed by atoms with Gasteiger partial charge in [0.15, 0.2) is 6.04 Å². The van der Waals surface area contributed by atoms with Crippen LogP contribution < -0.4 is 4.90 Å². The van der Waals surface area contributed by atoms with Crippen LogP contribution in [0.1, 0.15) is 6.92 Å². The lowest BCUT2D eigenvalue weighted by molar-refractivity contribution is -0.149. The van der Waals surface area contributed by atoms with Gasteiger partial charge in [0, 0.05) is 23.9 Å². The minimum Gasteiger partial charge on any atom is -0.614 e. The lowest BCUT2D eigenvalue weighted by Crippen LogP contribution is -2.75. The molecule has 13 heteroatoms. The van der Waals surface area contributed by atoms with Crippen LogP contribution in [0.25, 0.3) is 5.69 Å². The summed E-state index contributed by atoms with van der Waals surface area (Å²) in [6, 6.07) is 16.7. The second-order valence-electron chi connectivity index (χ2n) is 8.05. The fourth-order valence-electron chi connectivity index (χ4n) is 4.32. The Morgan fingerprint density at radius 1 is 1.17 bits per heavy atom. The molecular formula is C23H20N6O5S2. The van der Waals surface area contributed by atoms with E-state index in [0.717, 1.165) is 10.6 Å². The average Bonchev–Trinajstić information content (AvgIpc) is 3.35. The number of fused-ring (bicyclic) bond motifs is 1. The molecule has 1 N–H and O–H groups in total. The Morgan fingerprint density at radius 2 is 1.83 bits per heavy atom. The maximum Gasteiger partial charge on any atom is 0.352 e. The van der Waals surface area contributed by atoms with Gasteiger partial charge in [-0.15, -0.1) is 5.10 Å². The van der Waals surface area contributed by atoms with Crippen LogP contribution in [0.2, 0.25) is 0 Å². The van der Waals surface area contributed by atoms with Crippen LogP contribution in [-0.2, 0) is 25.6 Å². The number of para-hydroxylation sites is 2. The van der Waals surface area contributed by atoms with Gasteiger partial charge in [-0.2, -0.15) is 4.68 Å². The minimum atomic E-state index is -1.63. The van der Waals surface area contributed by atoms with E-state index < -0.39 is 40.4 Å². The van der Waals surface area contributed by atoms with Crippen molar-refractivity contribution in [3.63, 3.8) is 0 Å². The maximum atomic E-state index is 13.3. The highest BCUT2D eigenvalue weighted by Crippen LogP contribution is 2.41. The molecule has 11 nitrogen and oxygen atoms in total. The molecule has 2 aromatic carbocycles. The standard InChI is InChI=1S/C23H20N6O5S2/c1-14(30)27(16-8-4-2-5-9-16)19-20(31)28-18(22(32)33)15(13-36(34)21(19)28)12-35-23-24-25-26-29(23)17-10-6-3-7-11-17/h2-11,19,21H,12-13H2,1H3,(H,32,33)/t19?,21-,36?/m0/s1. The summed E-state index contributed by atoms with van der Waals surface area (Å²) in [7, 11) is 0. The van der Waals surface area contributed by atoms with E-state index in [0.29, 0.717) is 16.4 Å². The number of carbonyl (C=O) groups excluding carboxylic acids is 2. The first-order valence-electron chi connectivity index (χ1n) is 10.9. The van der Waals surface area contributed by atoms with Gasteiger partial charge >= 0.3 is 5.97 Å². The van der Waals surface area contributed by atoms with Crippen molar-refractivity contribution in [3.05, 3.63) is 71.9 Å². The summed E-state index contributed by atoms with van der Waals surface area (Å²) in [4.78, 5) is 40.3. The molecule has 0 radical (unpaired) electrons. The van der Waals surface area contributed by atoms with Crippen molar-refractivity contribution in [3.8, 4) is 5.69 Å². The Kier molecular flexibility index (Phi) is 6.51. The Hall–Kier alpha value is -3.68. The molecule has 5 rings (SSSR count). The van der Waals surface area contributed by atoms with Crippen LogP contribution in [0, 0.1) is 0 Å². The molecule has 3 aromatic rings. The first kappa shape index (κ1) is 24.0. The van der Waals surface area contributed by atoms with Crippen molar-refractivity contribution < 1.29 is 24.0 Å². The van der Waals surface area contributed by atoms with Gasteiger partial charge in [0.05, 0.1) is 5.69 Å². The molecule has 1 aromatic heterocycles. The number of β-lactam (4-membered cyclic amide) rings is 1. The molecule has 3 atom stereocenters. The van der Waals surface area contributed by atoms with Gasteiger partial charge in [-0.3, -0.25) is 19.4 Å². The number of thioether (sulfide) groups is 1. The van der Waals surface area contributed by atoms with Crippen molar-refractivity contribution in [1.29, 1.82) is 0 Å². The molecule has 0 bridgehead atoms. The van der Waals surface area contributed by atoms with Gasteiger partial charge in [-0.1, -0.05) is 48.2 Å². The topological polar surface area (TPSA) is 145 Å². The van der Waals surface area contributed by atoms with Crippen molar-refractivity contribution >= 4 is 46.4 Å². The largest absolute Gasteiger partial charge is 0.614 e. The number of aliphatic carboxylic acids is 1. The SMILES string of the molecule is CC(=O)N(c1ccccc1)C1C(=O)N2C(C(=O)O)=C(CSc3nnnn3-c3ccccc3)C[S+]([O-])[C@@H]12. The van der Waals surface area contributed by atoms with E-state index in [-0.39, 0.29) is 17.2 Å². The highest BCUT2D eigenvalue weighted by atomic mass is 32.2. The van der Waals surface area contributed by atoms with E-state index in [4.69, 9.17) is 0 Å². The number of benzene rings is 2. The Labute approximate surface area is 212 Å². The molecule has 2 amide bonds. The third-order valence-electron chi connectivity index (χ3n) is 5.85. The smallest absolute Gasteiger partial charge is 0.352 e. The van der Waals surface area contributed by atoms with Crippen molar-refractivity contribution in [2.45, 2.75) is 23.5 Å². The number of amides is 2. The lowest BCUT2D eigenvalue weighted by Gasteiger charge is -2.52. The van der Waals surface area contributed by atoms with E-state index in [1.807, 2.05) is 30.3 Å².